The fraction of sp³-hybridized carbons (Fsp3) is 0. The highest BCUT2D eigenvalue weighted by Crippen LogP contribution is 2.47. The quantitative estimate of drug-likeness (QED) is 0.163. The van der Waals surface area contributed by atoms with Crippen molar-refractivity contribution in [3.05, 3.63) is 206 Å². The van der Waals surface area contributed by atoms with Crippen LogP contribution in [-0.4, -0.2) is 15.0 Å². The molecule has 0 unspecified atom stereocenters. The molecule has 0 bridgehead atoms. The summed E-state index contributed by atoms with van der Waals surface area (Å²) in [6.07, 6.45) is 0. The molecular formula is C53H34N4O. The van der Waals surface area contributed by atoms with Gasteiger partial charge in [0.15, 0.2) is 17.5 Å². The number of para-hydroxylation sites is 2. The van der Waals surface area contributed by atoms with Crippen molar-refractivity contribution in [3.8, 4) is 45.3 Å². The van der Waals surface area contributed by atoms with E-state index in [-0.39, 0.29) is 0 Å². The van der Waals surface area contributed by atoms with Gasteiger partial charge in [0.2, 0.25) is 0 Å². The Labute approximate surface area is 335 Å². The number of furan rings is 1. The number of anilines is 3. The Morgan fingerprint density at radius 2 is 0.914 bits per heavy atom. The maximum absolute atomic E-state index is 6.79. The topological polar surface area (TPSA) is 55.1 Å². The maximum Gasteiger partial charge on any atom is 0.164 e. The van der Waals surface area contributed by atoms with Gasteiger partial charge < -0.3 is 9.32 Å². The molecule has 0 aliphatic carbocycles. The van der Waals surface area contributed by atoms with Crippen molar-refractivity contribution in [2.75, 3.05) is 4.90 Å². The van der Waals surface area contributed by atoms with Crippen LogP contribution < -0.4 is 4.90 Å². The second kappa shape index (κ2) is 14.0. The highest BCUT2D eigenvalue weighted by atomic mass is 16.3. The van der Waals surface area contributed by atoms with Gasteiger partial charge >= 0.3 is 0 Å². The van der Waals surface area contributed by atoms with Gasteiger partial charge in [-0.2, -0.15) is 0 Å². The monoisotopic (exact) mass is 742 g/mol. The molecule has 272 valence electrons. The molecule has 11 aromatic rings. The van der Waals surface area contributed by atoms with E-state index in [1.807, 2.05) is 66.7 Å². The summed E-state index contributed by atoms with van der Waals surface area (Å²) in [5, 5.41) is 6.68. The zero-order valence-corrected chi connectivity index (χ0v) is 31.3. The lowest BCUT2D eigenvalue weighted by atomic mass is 9.94. The van der Waals surface area contributed by atoms with E-state index in [4.69, 9.17) is 19.4 Å². The lowest BCUT2D eigenvalue weighted by Gasteiger charge is -2.28. The van der Waals surface area contributed by atoms with Gasteiger partial charge in [-0.3, -0.25) is 0 Å². The minimum absolute atomic E-state index is 0.619. The Bertz CT molecular complexity index is 3210. The zero-order valence-electron chi connectivity index (χ0n) is 31.3. The number of hydrogen-bond donors (Lipinski definition) is 0. The highest BCUT2D eigenvalue weighted by Gasteiger charge is 2.23. The van der Waals surface area contributed by atoms with Gasteiger partial charge in [0.05, 0.1) is 5.69 Å². The normalized spacial score (nSPS) is 11.4. The first-order valence-corrected chi connectivity index (χ1v) is 19.4. The van der Waals surface area contributed by atoms with Gasteiger partial charge in [0.1, 0.15) is 11.2 Å². The lowest BCUT2D eigenvalue weighted by molar-refractivity contribution is 0.673. The van der Waals surface area contributed by atoms with Crippen LogP contribution in [-0.2, 0) is 0 Å². The van der Waals surface area contributed by atoms with Crippen molar-refractivity contribution in [2.24, 2.45) is 0 Å². The van der Waals surface area contributed by atoms with E-state index >= 15 is 0 Å². The summed E-state index contributed by atoms with van der Waals surface area (Å²) in [5.74, 6) is 1.89. The molecule has 0 N–H and O–H groups in total. The summed E-state index contributed by atoms with van der Waals surface area (Å²) in [7, 11) is 0. The molecule has 0 atom stereocenters. The number of nitrogens with zero attached hydrogens (tertiary/aromatic N) is 4. The summed E-state index contributed by atoms with van der Waals surface area (Å²) in [6, 6.07) is 71.7. The fourth-order valence-corrected chi connectivity index (χ4v) is 8.10. The Hall–Kier alpha value is -7.89. The molecule has 5 nitrogen and oxygen atoms in total. The molecule has 9 aromatic carbocycles. The minimum atomic E-state index is 0.619. The van der Waals surface area contributed by atoms with E-state index < -0.39 is 0 Å². The number of benzene rings is 9. The van der Waals surface area contributed by atoms with Crippen LogP contribution in [0.15, 0.2) is 211 Å². The van der Waals surface area contributed by atoms with E-state index in [0.717, 1.165) is 77.6 Å². The predicted molar refractivity (Wildman–Crippen MR) is 239 cm³/mol. The minimum Gasteiger partial charge on any atom is -0.455 e. The van der Waals surface area contributed by atoms with Gasteiger partial charge in [0, 0.05) is 49.6 Å². The van der Waals surface area contributed by atoms with Crippen LogP contribution in [0.5, 0.6) is 0 Å². The van der Waals surface area contributed by atoms with Gasteiger partial charge in [-0.15, -0.1) is 0 Å². The van der Waals surface area contributed by atoms with Crippen molar-refractivity contribution in [2.45, 2.75) is 0 Å². The van der Waals surface area contributed by atoms with Crippen molar-refractivity contribution in [1.82, 2.24) is 15.0 Å². The zero-order chi connectivity index (χ0) is 38.4. The molecule has 0 spiro atoms. The molecule has 2 heterocycles. The summed E-state index contributed by atoms with van der Waals surface area (Å²) in [4.78, 5) is 17.2. The van der Waals surface area contributed by atoms with Crippen molar-refractivity contribution >= 4 is 60.5 Å². The molecule has 58 heavy (non-hydrogen) atoms. The summed E-state index contributed by atoms with van der Waals surface area (Å²) >= 11 is 0. The fourth-order valence-electron chi connectivity index (χ4n) is 8.10. The standard InChI is InChI=1S/C53H34N4O/c1-4-16-37(17-5-1)51-54-52(38-18-6-2-7-19-38)56-53(55-51)39-29-27-36(28-30-39)43-24-14-25-45-47(34-46-44-23-12-13-26-48(44)58-50(46)49(43)45)57(41-21-8-3-9-22-41)42-32-31-35-15-10-11-20-40(35)33-42/h1-34H. The molecule has 2 aromatic heterocycles. The SMILES string of the molecule is c1ccc(-c2nc(-c3ccccc3)nc(-c3ccc(-c4cccc5c(N(c6ccccc6)c6ccc7ccccc7c6)cc6c7ccccc7oc6c45)cc3)n2)cc1. The van der Waals surface area contributed by atoms with Gasteiger partial charge in [-0.05, 0) is 58.3 Å². The first-order chi connectivity index (χ1) is 28.7. The molecule has 0 saturated carbocycles. The molecule has 0 aliphatic rings. The first-order valence-electron chi connectivity index (χ1n) is 19.4. The second-order valence-electron chi connectivity index (χ2n) is 14.4. The molecule has 0 saturated heterocycles. The third-order valence-corrected chi connectivity index (χ3v) is 10.9. The second-order valence-corrected chi connectivity index (χ2v) is 14.4. The van der Waals surface area contributed by atoms with Crippen LogP contribution in [0.4, 0.5) is 17.1 Å². The van der Waals surface area contributed by atoms with Crippen LogP contribution in [0.2, 0.25) is 0 Å². The van der Waals surface area contributed by atoms with Crippen LogP contribution in [0.25, 0.3) is 88.8 Å². The first kappa shape index (κ1) is 33.4. The number of fused-ring (bicyclic) bond motifs is 6. The van der Waals surface area contributed by atoms with Crippen molar-refractivity contribution in [1.29, 1.82) is 0 Å². The Morgan fingerprint density at radius 3 is 1.60 bits per heavy atom. The third-order valence-electron chi connectivity index (χ3n) is 10.9. The van der Waals surface area contributed by atoms with E-state index in [1.165, 1.54) is 10.8 Å². The maximum atomic E-state index is 6.79. The molecule has 0 radical (unpaired) electrons. The molecule has 5 heteroatoms. The third kappa shape index (κ3) is 5.85. The molecule has 0 aliphatic heterocycles. The van der Waals surface area contributed by atoms with Gasteiger partial charge in [-0.1, -0.05) is 170 Å². The molecule has 11 rings (SSSR count). The van der Waals surface area contributed by atoms with Gasteiger partial charge in [-0.25, -0.2) is 15.0 Å². The number of hydrogen-bond acceptors (Lipinski definition) is 5. The van der Waals surface area contributed by atoms with Crippen molar-refractivity contribution < 1.29 is 4.42 Å². The lowest BCUT2D eigenvalue weighted by Crippen LogP contribution is -2.10. The van der Waals surface area contributed by atoms with E-state index in [1.54, 1.807) is 0 Å². The Morgan fingerprint density at radius 1 is 0.362 bits per heavy atom. The van der Waals surface area contributed by atoms with Crippen LogP contribution in [0.1, 0.15) is 0 Å². The average molecular weight is 743 g/mol. The van der Waals surface area contributed by atoms with E-state index in [0.29, 0.717) is 17.5 Å². The van der Waals surface area contributed by atoms with Gasteiger partial charge in [0.25, 0.3) is 0 Å². The summed E-state index contributed by atoms with van der Waals surface area (Å²) in [6.45, 7) is 0. The number of aromatic nitrogens is 3. The Balaban J connectivity index is 1.11. The van der Waals surface area contributed by atoms with Crippen molar-refractivity contribution in [3.63, 3.8) is 0 Å². The Kier molecular flexibility index (Phi) is 8.07. The summed E-state index contributed by atoms with van der Waals surface area (Å²) in [5.41, 5.74) is 9.86. The average Bonchev–Trinajstić information content (AvgIpc) is 3.68. The van der Waals surface area contributed by atoms with Crippen LogP contribution >= 0.6 is 0 Å². The van der Waals surface area contributed by atoms with Crippen LogP contribution in [0, 0.1) is 0 Å². The van der Waals surface area contributed by atoms with Crippen LogP contribution in [0.3, 0.4) is 0 Å². The van der Waals surface area contributed by atoms with E-state index in [2.05, 4.69) is 144 Å². The smallest absolute Gasteiger partial charge is 0.164 e. The molecule has 0 fully saturated rings. The predicted octanol–water partition coefficient (Wildman–Crippen LogP) is 14.2. The number of rotatable bonds is 7. The largest absolute Gasteiger partial charge is 0.455 e. The molecule has 0 amide bonds. The summed E-state index contributed by atoms with van der Waals surface area (Å²) < 4.78 is 6.79. The highest BCUT2D eigenvalue weighted by molar-refractivity contribution is 6.23. The molecular weight excluding hydrogens is 709 g/mol. The van der Waals surface area contributed by atoms with E-state index in [9.17, 15) is 0 Å².